The highest BCUT2D eigenvalue weighted by atomic mass is 16.6. The molecule has 0 rings (SSSR count). The Bertz CT molecular complexity index is 974. The zero-order valence-electron chi connectivity index (χ0n) is 43.6. The van der Waals surface area contributed by atoms with E-state index >= 15 is 0 Å². The molecule has 1 atom stereocenters. The van der Waals surface area contributed by atoms with E-state index in [9.17, 15) is 9.59 Å². The predicted molar refractivity (Wildman–Crippen MR) is 279 cm³/mol. The molecular weight excluding hydrogens is 789 g/mol. The summed E-state index contributed by atoms with van der Waals surface area (Å²) in [7, 11) is 0. The molecule has 0 aliphatic rings. The van der Waals surface area contributed by atoms with Crippen molar-refractivity contribution in [1.29, 1.82) is 0 Å². The number of hydrogen-bond acceptors (Lipinski definition) is 5. The monoisotopic (exact) mass is 901 g/mol. The molecule has 0 saturated heterocycles. The number of ether oxygens (including phenoxy) is 3. The van der Waals surface area contributed by atoms with Crippen LogP contribution in [0, 0.1) is 0 Å². The maximum Gasteiger partial charge on any atom is 0.306 e. The van der Waals surface area contributed by atoms with Crippen molar-refractivity contribution >= 4 is 11.9 Å². The lowest BCUT2D eigenvalue weighted by molar-refractivity contribution is -0.163. The van der Waals surface area contributed by atoms with Crippen LogP contribution in [-0.4, -0.2) is 37.9 Å². The molecule has 0 bridgehead atoms. The van der Waals surface area contributed by atoms with Crippen LogP contribution in [0.4, 0.5) is 0 Å². The lowest BCUT2D eigenvalue weighted by Crippen LogP contribution is -2.30. The normalized spacial score (nSPS) is 12.2. The molecule has 0 aliphatic carbocycles. The zero-order chi connectivity index (χ0) is 46.3. The smallest absolute Gasteiger partial charge is 0.306 e. The fourth-order valence-electron chi connectivity index (χ4n) is 8.61. The number of esters is 2. The molecule has 0 aliphatic heterocycles. The van der Waals surface area contributed by atoms with E-state index in [4.69, 9.17) is 14.2 Å². The van der Waals surface area contributed by atoms with Crippen LogP contribution >= 0.6 is 0 Å². The Kier molecular flexibility index (Phi) is 54.3. The summed E-state index contributed by atoms with van der Waals surface area (Å²) in [5.41, 5.74) is 0. The zero-order valence-corrected chi connectivity index (χ0v) is 43.6. The van der Waals surface area contributed by atoms with Crippen LogP contribution in [0.5, 0.6) is 0 Å². The summed E-state index contributed by atoms with van der Waals surface area (Å²) in [6.45, 7) is 7.84. The molecule has 0 saturated carbocycles. The Morgan fingerprint density at radius 3 is 1.00 bits per heavy atom. The van der Waals surface area contributed by atoms with Gasteiger partial charge in [-0.25, -0.2) is 0 Å². The first kappa shape index (κ1) is 62.4. The SMILES string of the molecule is CCCC/C=C\CCCCCCCCOCC(COC(=O)CCCCCCCCCCCCCCCCCCCCC)OC(=O)CCCCCCCCC/C=C\CCCCCCCC. The summed E-state index contributed by atoms with van der Waals surface area (Å²) >= 11 is 0. The van der Waals surface area contributed by atoms with E-state index in [2.05, 4.69) is 45.1 Å². The molecule has 0 aromatic heterocycles. The fraction of sp³-hybridized carbons (Fsp3) is 0.898. The first-order valence-electron chi connectivity index (χ1n) is 28.9. The van der Waals surface area contributed by atoms with Crippen molar-refractivity contribution in [2.24, 2.45) is 0 Å². The molecule has 0 amide bonds. The van der Waals surface area contributed by atoms with E-state index in [1.54, 1.807) is 0 Å². The summed E-state index contributed by atoms with van der Waals surface area (Å²) in [5.74, 6) is -0.384. The maximum absolute atomic E-state index is 12.8. The van der Waals surface area contributed by atoms with E-state index in [-0.39, 0.29) is 25.2 Å². The number of rotatable bonds is 54. The third kappa shape index (κ3) is 53.0. The quantitative estimate of drug-likeness (QED) is 0.0346. The molecule has 0 spiro atoms. The lowest BCUT2D eigenvalue weighted by atomic mass is 10.0. The first-order valence-corrected chi connectivity index (χ1v) is 28.9. The molecule has 64 heavy (non-hydrogen) atoms. The van der Waals surface area contributed by atoms with Gasteiger partial charge in [0.05, 0.1) is 6.61 Å². The van der Waals surface area contributed by atoms with Crippen molar-refractivity contribution in [3.63, 3.8) is 0 Å². The van der Waals surface area contributed by atoms with E-state index < -0.39 is 6.10 Å². The van der Waals surface area contributed by atoms with Gasteiger partial charge in [-0.2, -0.15) is 0 Å². The molecule has 1 unspecified atom stereocenters. The molecule has 0 heterocycles. The van der Waals surface area contributed by atoms with Gasteiger partial charge in [0.1, 0.15) is 6.61 Å². The summed E-state index contributed by atoms with van der Waals surface area (Å²) in [6, 6.07) is 0. The molecule has 0 aromatic rings. The molecular formula is C59H112O5. The first-order chi connectivity index (χ1) is 31.6. The number of unbranched alkanes of at least 4 members (excludes halogenated alkanes) is 39. The van der Waals surface area contributed by atoms with Crippen LogP contribution in [-0.2, 0) is 23.8 Å². The Labute approximate surface area is 400 Å². The van der Waals surface area contributed by atoms with Gasteiger partial charge in [-0.1, -0.05) is 263 Å². The van der Waals surface area contributed by atoms with Gasteiger partial charge < -0.3 is 14.2 Å². The number of hydrogen-bond donors (Lipinski definition) is 0. The summed E-state index contributed by atoms with van der Waals surface area (Å²) in [5, 5.41) is 0. The minimum absolute atomic E-state index is 0.0881. The molecule has 5 nitrogen and oxygen atoms in total. The second kappa shape index (κ2) is 55.7. The predicted octanol–water partition coefficient (Wildman–Crippen LogP) is 19.6. The van der Waals surface area contributed by atoms with Crippen LogP contribution in [0.25, 0.3) is 0 Å². The number of carbonyl (C=O) groups excluding carboxylic acids is 2. The van der Waals surface area contributed by atoms with Crippen molar-refractivity contribution in [3.05, 3.63) is 24.3 Å². The van der Waals surface area contributed by atoms with Gasteiger partial charge in [0, 0.05) is 19.4 Å². The van der Waals surface area contributed by atoms with Gasteiger partial charge >= 0.3 is 11.9 Å². The van der Waals surface area contributed by atoms with Gasteiger partial charge in [-0.15, -0.1) is 0 Å². The Morgan fingerprint density at radius 1 is 0.328 bits per heavy atom. The van der Waals surface area contributed by atoms with E-state index in [1.165, 1.54) is 244 Å². The summed E-state index contributed by atoms with van der Waals surface area (Å²) in [6.07, 6.45) is 66.3. The number of carbonyl (C=O) groups is 2. The number of allylic oxidation sites excluding steroid dienone is 4. The third-order valence-electron chi connectivity index (χ3n) is 13.0. The summed E-state index contributed by atoms with van der Waals surface area (Å²) in [4.78, 5) is 25.5. The van der Waals surface area contributed by atoms with Crippen molar-refractivity contribution in [3.8, 4) is 0 Å². The average Bonchev–Trinajstić information content (AvgIpc) is 3.30. The van der Waals surface area contributed by atoms with Crippen molar-refractivity contribution in [1.82, 2.24) is 0 Å². The van der Waals surface area contributed by atoms with Crippen molar-refractivity contribution in [2.45, 2.75) is 322 Å². The Balaban J connectivity index is 4.18. The van der Waals surface area contributed by atoms with E-state index in [1.807, 2.05) is 0 Å². The van der Waals surface area contributed by atoms with Crippen molar-refractivity contribution < 1.29 is 23.8 Å². The van der Waals surface area contributed by atoms with Gasteiger partial charge in [0.2, 0.25) is 0 Å². The van der Waals surface area contributed by atoms with E-state index in [0.29, 0.717) is 19.4 Å². The largest absolute Gasteiger partial charge is 0.462 e. The molecule has 0 radical (unpaired) electrons. The van der Waals surface area contributed by atoms with Gasteiger partial charge in [0.15, 0.2) is 6.10 Å². The van der Waals surface area contributed by atoms with Crippen molar-refractivity contribution in [2.75, 3.05) is 19.8 Å². The maximum atomic E-state index is 12.8. The van der Waals surface area contributed by atoms with Gasteiger partial charge in [-0.05, 0) is 64.2 Å². The van der Waals surface area contributed by atoms with Gasteiger partial charge in [-0.3, -0.25) is 9.59 Å². The Hall–Kier alpha value is -1.62. The molecule has 0 aromatic carbocycles. The molecule has 0 fully saturated rings. The second-order valence-corrected chi connectivity index (χ2v) is 19.5. The molecule has 5 heteroatoms. The average molecular weight is 902 g/mol. The highest BCUT2D eigenvalue weighted by Crippen LogP contribution is 2.17. The molecule has 378 valence electrons. The summed E-state index contributed by atoms with van der Waals surface area (Å²) < 4.78 is 17.5. The topological polar surface area (TPSA) is 61.8 Å². The molecule has 0 N–H and O–H groups in total. The van der Waals surface area contributed by atoms with Gasteiger partial charge in [0.25, 0.3) is 0 Å². The van der Waals surface area contributed by atoms with E-state index in [0.717, 1.165) is 38.5 Å². The highest BCUT2D eigenvalue weighted by molar-refractivity contribution is 5.70. The van der Waals surface area contributed by atoms with Crippen LogP contribution in [0.2, 0.25) is 0 Å². The van der Waals surface area contributed by atoms with Crippen LogP contribution in [0.3, 0.4) is 0 Å². The second-order valence-electron chi connectivity index (χ2n) is 19.5. The van der Waals surface area contributed by atoms with Crippen LogP contribution < -0.4 is 0 Å². The minimum atomic E-state index is -0.535. The third-order valence-corrected chi connectivity index (χ3v) is 13.0. The van der Waals surface area contributed by atoms with Crippen LogP contribution in [0.1, 0.15) is 316 Å². The van der Waals surface area contributed by atoms with Crippen LogP contribution in [0.15, 0.2) is 24.3 Å². The lowest BCUT2D eigenvalue weighted by Gasteiger charge is -2.18. The highest BCUT2D eigenvalue weighted by Gasteiger charge is 2.17. The minimum Gasteiger partial charge on any atom is -0.462 e. The fourth-order valence-corrected chi connectivity index (χ4v) is 8.61. The Morgan fingerprint density at radius 2 is 0.625 bits per heavy atom. The standard InChI is InChI=1S/C59H112O5/c1-4-7-10-13-16-19-22-25-27-29-30-32-33-35-37-40-43-46-49-52-58(60)63-56-57(55-62-54-51-48-45-42-39-24-21-18-15-12-9-6-3)64-59(61)53-50-47-44-41-38-36-34-31-28-26-23-20-17-14-11-8-5-2/h15,18,26,28,57H,4-14,16-17,19-25,27,29-56H2,1-3H3/b18-15-,28-26-.